The van der Waals surface area contributed by atoms with Gasteiger partial charge in [-0.2, -0.15) is 0 Å². The predicted octanol–water partition coefficient (Wildman–Crippen LogP) is 6.54. The van der Waals surface area contributed by atoms with Crippen molar-refractivity contribution in [3.05, 3.63) is 106 Å². The molecule has 0 saturated carbocycles. The number of likely N-dealkylation sites (tertiary alicyclic amines) is 1. The van der Waals surface area contributed by atoms with Crippen LogP contribution in [0.1, 0.15) is 93.6 Å². The molecule has 3 heterocycles. The molecule has 3 aliphatic heterocycles. The van der Waals surface area contributed by atoms with Crippen molar-refractivity contribution in [1.82, 2.24) is 4.90 Å². The van der Waals surface area contributed by atoms with Crippen molar-refractivity contribution in [3.63, 3.8) is 0 Å². The number of carbonyl (C=O) groups excluding carboxylic acids is 2. The molecule has 6 unspecified atom stereocenters. The Hall–Kier alpha value is -4.51. The van der Waals surface area contributed by atoms with Gasteiger partial charge in [-0.1, -0.05) is 60.1 Å². The van der Waals surface area contributed by atoms with Gasteiger partial charge in [-0.25, -0.2) is 4.39 Å². The number of rotatable bonds is 7. The molecule has 51 heavy (non-hydrogen) atoms. The fourth-order valence-electron chi connectivity index (χ4n) is 8.35. The van der Waals surface area contributed by atoms with Gasteiger partial charge in [0, 0.05) is 24.0 Å². The lowest BCUT2D eigenvalue weighted by atomic mass is 9.68. The molecular formula is C42H40FNO7. The number of halogens is 1. The van der Waals surface area contributed by atoms with Crippen molar-refractivity contribution in [2.45, 2.75) is 102 Å². The summed E-state index contributed by atoms with van der Waals surface area (Å²) in [7, 11) is 0. The van der Waals surface area contributed by atoms with E-state index in [0.29, 0.717) is 18.4 Å². The number of amides is 1. The number of benzene rings is 3. The third-order valence-electron chi connectivity index (χ3n) is 10.5. The maximum atomic E-state index is 14.8. The quantitative estimate of drug-likeness (QED) is 0.158. The van der Waals surface area contributed by atoms with E-state index in [-0.39, 0.29) is 11.7 Å². The molecule has 3 saturated heterocycles. The highest BCUT2D eigenvalue weighted by Crippen LogP contribution is 2.53. The number of hydrogen-bond donors (Lipinski definition) is 0. The minimum Gasteiger partial charge on any atom is -0.458 e. The van der Waals surface area contributed by atoms with Gasteiger partial charge in [0.15, 0.2) is 11.6 Å². The van der Waals surface area contributed by atoms with Gasteiger partial charge in [0.25, 0.3) is 0 Å². The van der Waals surface area contributed by atoms with Crippen LogP contribution in [0.3, 0.4) is 0 Å². The Morgan fingerprint density at radius 2 is 1.33 bits per heavy atom. The van der Waals surface area contributed by atoms with Gasteiger partial charge >= 0.3 is 5.97 Å². The fraction of sp³-hybridized carbons (Fsp3) is 0.429. The van der Waals surface area contributed by atoms with Gasteiger partial charge in [-0.05, 0) is 93.6 Å². The predicted molar refractivity (Wildman–Crippen MR) is 184 cm³/mol. The summed E-state index contributed by atoms with van der Waals surface area (Å²) >= 11 is 0. The Morgan fingerprint density at radius 1 is 0.784 bits per heavy atom. The topological polar surface area (TPSA) is 83.5 Å². The maximum Gasteiger partial charge on any atom is 0.303 e. The van der Waals surface area contributed by atoms with Crippen molar-refractivity contribution in [2.75, 3.05) is 0 Å². The number of nitrogens with zero attached hydrogens (tertiary/aromatic N) is 1. The van der Waals surface area contributed by atoms with E-state index in [1.54, 1.807) is 12.1 Å². The summed E-state index contributed by atoms with van der Waals surface area (Å²) in [4.78, 5) is 29.0. The first-order valence-corrected chi connectivity index (χ1v) is 17.5. The van der Waals surface area contributed by atoms with E-state index in [4.69, 9.17) is 23.7 Å². The standard InChI is InChI=1S/C42H40FNO7/c1-24(45)47-32(27-16-18-30(43)19-17-27)23-20-31-36(35-33-21-10-25-6-12-28(13-7-25)38(35)50-41(2,3)48-33)44(40(31)46)37-34-22-11-26-8-14-29(15-9-26)39(37)51-42(4,5)49-34/h6-9,12-19,31-39H,20,23H2,1-5H3/t31-,32+,33?,34?,35?,36-,37?,38?,39?/m1/s1. The Labute approximate surface area is 297 Å². The van der Waals surface area contributed by atoms with Crippen LogP contribution in [-0.2, 0) is 33.3 Å². The molecule has 262 valence electrons. The number of hydrogen-bond acceptors (Lipinski definition) is 7. The van der Waals surface area contributed by atoms with Crippen LogP contribution >= 0.6 is 0 Å². The summed E-state index contributed by atoms with van der Waals surface area (Å²) in [6.45, 7) is 8.85. The van der Waals surface area contributed by atoms with Gasteiger partial charge in [0.05, 0.1) is 18.1 Å². The second-order valence-electron chi connectivity index (χ2n) is 14.9. The highest BCUT2D eigenvalue weighted by Gasteiger charge is 2.63. The summed E-state index contributed by atoms with van der Waals surface area (Å²) in [5, 5.41) is 0. The van der Waals surface area contributed by atoms with Crippen molar-refractivity contribution >= 4 is 11.9 Å². The Kier molecular flexibility index (Phi) is 8.32. The average molecular weight is 690 g/mol. The number of fused-ring (bicyclic) bond motifs is 4. The van der Waals surface area contributed by atoms with Crippen molar-refractivity contribution in [1.29, 1.82) is 0 Å². The van der Waals surface area contributed by atoms with Crippen LogP contribution < -0.4 is 0 Å². The Bertz CT molecular complexity index is 1970. The highest BCUT2D eigenvalue weighted by molar-refractivity contribution is 5.87. The van der Waals surface area contributed by atoms with Crippen LogP contribution in [0.2, 0.25) is 0 Å². The zero-order valence-electron chi connectivity index (χ0n) is 29.2. The molecule has 3 aromatic rings. The van der Waals surface area contributed by atoms with Crippen LogP contribution in [0.5, 0.6) is 0 Å². The molecule has 0 aromatic heterocycles. The van der Waals surface area contributed by atoms with E-state index in [1.165, 1.54) is 19.1 Å². The second-order valence-corrected chi connectivity index (χ2v) is 14.9. The monoisotopic (exact) mass is 689 g/mol. The zero-order chi connectivity index (χ0) is 35.7. The molecule has 9 heteroatoms. The first-order chi connectivity index (χ1) is 24.4. The second kappa shape index (κ2) is 12.6. The molecule has 0 N–H and O–H groups in total. The molecule has 8 nitrogen and oxygen atoms in total. The molecule has 3 aromatic carbocycles. The van der Waals surface area contributed by atoms with Gasteiger partial charge in [-0.3, -0.25) is 9.59 Å². The summed E-state index contributed by atoms with van der Waals surface area (Å²) in [5.41, 5.74) is 4.23. The van der Waals surface area contributed by atoms with E-state index in [1.807, 2.05) is 81.1 Å². The van der Waals surface area contributed by atoms with Gasteiger partial charge in [0.2, 0.25) is 5.91 Å². The van der Waals surface area contributed by atoms with Crippen LogP contribution in [0, 0.1) is 41.3 Å². The van der Waals surface area contributed by atoms with E-state index in [0.717, 1.165) is 22.3 Å². The Balaban J connectivity index is 1.22. The lowest BCUT2D eigenvalue weighted by Crippen LogP contribution is -2.74. The SMILES string of the molecule is CC(=O)O[C@@H](CC[C@H]1C(=O)N(C2C3C#Cc4ccc(cc4)C2OC(C)(C)O3)[C@H]1C1C2C#Cc3ccc(cc3)C1OC(C)(C)O2)c1ccc(F)cc1. The summed E-state index contributed by atoms with van der Waals surface area (Å²) in [6, 6.07) is 20.8. The average Bonchev–Trinajstić information content (AvgIpc) is 3.20. The van der Waals surface area contributed by atoms with E-state index < -0.39 is 72.0 Å². The number of carbonyl (C=O) groups is 2. The van der Waals surface area contributed by atoms with Crippen molar-refractivity contribution in [2.24, 2.45) is 11.8 Å². The number of esters is 1. The Morgan fingerprint density at radius 3 is 1.94 bits per heavy atom. The van der Waals surface area contributed by atoms with E-state index in [2.05, 4.69) is 23.7 Å². The largest absolute Gasteiger partial charge is 0.458 e. The normalized spacial score (nSPS) is 31.1. The number of β-lactam (4-membered cyclic amide) rings is 1. The molecule has 0 spiro atoms. The molecule has 3 fully saturated rings. The first kappa shape index (κ1) is 33.6. The third kappa shape index (κ3) is 6.34. The smallest absolute Gasteiger partial charge is 0.303 e. The fourth-order valence-corrected chi connectivity index (χ4v) is 8.35. The maximum absolute atomic E-state index is 14.8. The summed E-state index contributed by atoms with van der Waals surface area (Å²) < 4.78 is 46.2. The minimum atomic E-state index is -0.963. The molecule has 10 rings (SSSR count). The van der Waals surface area contributed by atoms with Crippen LogP contribution in [-0.4, -0.2) is 52.6 Å². The molecule has 9 atom stereocenters. The summed E-state index contributed by atoms with van der Waals surface area (Å²) in [5.74, 6) is 9.53. The van der Waals surface area contributed by atoms with Gasteiger partial charge in [0.1, 0.15) is 36.3 Å². The van der Waals surface area contributed by atoms with Crippen molar-refractivity contribution in [3.8, 4) is 23.7 Å². The van der Waals surface area contributed by atoms with E-state index in [9.17, 15) is 14.0 Å². The molecule has 7 aliphatic rings. The molecule has 8 bridgehead atoms. The molecule has 1 amide bonds. The van der Waals surface area contributed by atoms with E-state index >= 15 is 0 Å². The van der Waals surface area contributed by atoms with Crippen molar-refractivity contribution < 1.29 is 37.7 Å². The van der Waals surface area contributed by atoms with Crippen LogP contribution in [0.15, 0.2) is 72.8 Å². The van der Waals surface area contributed by atoms with Gasteiger partial charge < -0.3 is 28.6 Å². The number of ether oxygens (including phenoxy) is 5. The van der Waals surface area contributed by atoms with Gasteiger partial charge in [-0.15, -0.1) is 0 Å². The lowest BCUT2D eigenvalue weighted by molar-refractivity contribution is -0.339. The third-order valence-corrected chi connectivity index (χ3v) is 10.5. The zero-order valence-corrected chi connectivity index (χ0v) is 29.2. The molecule has 4 aliphatic carbocycles. The first-order valence-electron chi connectivity index (χ1n) is 17.5. The highest BCUT2D eigenvalue weighted by atomic mass is 19.1. The lowest BCUT2D eigenvalue weighted by Gasteiger charge is -2.61. The minimum absolute atomic E-state index is 0.0932. The summed E-state index contributed by atoms with van der Waals surface area (Å²) in [6.07, 6.45) is -2.24. The molecule has 0 radical (unpaired) electrons. The molecular weight excluding hydrogens is 649 g/mol. The van der Waals surface area contributed by atoms with Crippen LogP contribution in [0.4, 0.5) is 4.39 Å². The van der Waals surface area contributed by atoms with Crippen LogP contribution in [0.25, 0.3) is 0 Å².